The van der Waals surface area contributed by atoms with Crippen molar-refractivity contribution in [2.45, 2.75) is 5.41 Å². The second kappa shape index (κ2) is 13.4. The first-order chi connectivity index (χ1) is 30.7. The summed E-state index contributed by atoms with van der Waals surface area (Å²) in [5.74, 6) is 1.84. The molecular formula is C58H35N3O. The third-order valence-electron chi connectivity index (χ3n) is 13.0. The summed E-state index contributed by atoms with van der Waals surface area (Å²) in [6.45, 7) is 0. The van der Waals surface area contributed by atoms with Gasteiger partial charge in [-0.05, 0) is 97.1 Å². The number of hydrogen-bond donors (Lipinski definition) is 0. The molecule has 0 bridgehead atoms. The van der Waals surface area contributed by atoms with Gasteiger partial charge in [0.2, 0.25) is 0 Å². The second-order valence-electron chi connectivity index (χ2n) is 16.3. The van der Waals surface area contributed by atoms with Crippen molar-refractivity contribution in [1.29, 1.82) is 0 Å². The van der Waals surface area contributed by atoms with Gasteiger partial charge in [-0.15, -0.1) is 0 Å². The predicted molar refractivity (Wildman–Crippen MR) is 251 cm³/mol. The van der Waals surface area contributed by atoms with E-state index < -0.39 is 0 Å². The largest absolute Gasteiger partial charge is 0.456 e. The molecular weight excluding hydrogens is 755 g/mol. The number of furan rings is 1. The third-order valence-corrected chi connectivity index (χ3v) is 13.0. The Balaban J connectivity index is 0.945. The SMILES string of the molecule is c1ccc(-c2nc(-c3cccc(-c4ccc5c(c4)-c4ccccc4C54c5ccccc5-c5ccccc54)c3)nc(-c3ccccc3-c3ccc4c(c3)oc3ccccc34)n2)cc1. The first-order valence-corrected chi connectivity index (χ1v) is 21.1. The van der Waals surface area contributed by atoms with E-state index in [9.17, 15) is 0 Å². The number of rotatable bonds is 5. The van der Waals surface area contributed by atoms with E-state index in [4.69, 9.17) is 19.4 Å². The highest BCUT2D eigenvalue weighted by atomic mass is 16.3. The molecule has 0 saturated carbocycles. The van der Waals surface area contributed by atoms with Gasteiger partial charge in [0.15, 0.2) is 17.5 Å². The van der Waals surface area contributed by atoms with E-state index in [1.807, 2.05) is 42.5 Å². The zero-order chi connectivity index (χ0) is 40.8. The number of para-hydroxylation sites is 1. The van der Waals surface area contributed by atoms with E-state index in [-0.39, 0.29) is 5.41 Å². The molecule has 2 heterocycles. The van der Waals surface area contributed by atoms with Gasteiger partial charge in [0.25, 0.3) is 0 Å². The lowest BCUT2D eigenvalue weighted by Crippen LogP contribution is -2.25. The van der Waals surface area contributed by atoms with Crippen molar-refractivity contribution in [3.8, 4) is 78.7 Å². The maximum atomic E-state index is 6.31. The highest BCUT2D eigenvalue weighted by molar-refractivity contribution is 6.06. The Bertz CT molecular complexity index is 3560. The Morgan fingerprint density at radius 1 is 0.274 bits per heavy atom. The van der Waals surface area contributed by atoms with Crippen molar-refractivity contribution in [2.75, 3.05) is 0 Å². The summed E-state index contributed by atoms with van der Waals surface area (Å²) in [6, 6.07) is 75.6. The van der Waals surface area contributed by atoms with Crippen molar-refractivity contribution >= 4 is 21.9 Å². The lowest BCUT2D eigenvalue weighted by atomic mass is 9.70. The van der Waals surface area contributed by atoms with Gasteiger partial charge in [-0.1, -0.05) is 182 Å². The van der Waals surface area contributed by atoms with Gasteiger partial charge in [-0.2, -0.15) is 0 Å². The summed E-state index contributed by atoms with van der Waals surface area (Å²) < 4.78 is 6.31. The molecule has 4 nitrogen and oxygen atoms in total. The molecule has 0 radical (unpaired) electrons. The molecule has 2 aliphatic rings. The first-order valence-electron chi connectivity index (χ1n) is 21.1. The van der Waals surface area contributed by atoms with Crippen LogP contribution >= 0.6 is 0 Å². The fourth-order valence-electron chi connectivity index (χ4n) is 10.3. The van der Waals surface area contributed by atoms with E-state index in [1.165, 1.54) is 44.5 Å². The minimum atomic E-state index is -0.372. The maximum Gasteiger partial charge on any atom is 0.164 e. The maximum absolute atomic E-state index is 6.31. The summed E-state index contributed by atoms with van der Waals surface area (Å²) in [5, 5.41) is 2.20. The number of hydrogen-bond acceptors (Lipinski definition) is 4. The highest BCUT2D eigenvalue weighted by Gasteiger charge is 2.51. The summed E-state index contributed by atoms with van der Waals surface area (Å²) in [6.07, 6.45) is 0. The lowest BCUT2D eigenvalue weighted by molar-refractivity contribution is 0.669. The number of fused-ring (bicyclic) bond motifs is 13. The zero-order valence-corrected chi connectivity index (χ0v) is 33.5. The van der Waals surface area contributed by atoms with Gasteiger partial charge in [-0.25, -0.2) is 15.0 Å². The van der Waals surface area contributed by atoms with Crippen molar-refractivity contribution in [3.05, 3.63) is 235 Å². The lowest BCUT2D eigenvalue weighted by Gasteiger charge is -2.30. The van der Waals surface area contributed by atoms with E-state index >= 15 is 0 Å². The van der Waals surface area contributed by atoms with Crippen LogP contribution in [0.15, 0.2) is 217 Å². The van der Waals surface area contributed by atoms with Crippen molar-refractivity contribution < 1.29 is 4.42 Å². The van der Waals surface area contributed by atoms with Gasteiger partial charge in [0.05, 0.1) is 5.41 Å². The first kappa shape index (κ1) is 34.6. The molecule has 0 amide bonds. The van der Waals surface area contributed by atoms with E-state index in [2.05, 4.69) is 170 Å². The number of benzene rings is 9. The monoisotopic (exact) mass is 789 g/mol. The second-order valence-corrected chi connectivity index (χ2v) is 16.3. The molecule has 9 aromatic carbocycles. The molecule has 0 atom stereocenters. The molecule has 0 saturated heterocycles. The van der Waals surface area contributed by atoms with E-state index in [0.717, 1.165) is 60.9 Å². The Hall–Kier alpha value is -8.21. The van der Waals surface area contributed by atoms with Crippen molar-refractivity contribution in [1.82, 2.24) is 15.0 Å². The molecule has 0 aliphatic heterocycles. The molecule has 0 fully saturated rings. The van der Waals surface area contributed by atoms with Crippen LogP contribution in [0.1, 0.15) is 22.3 Å². The smallest absolute Gasteiger partial charge is 0.164 e. The molecule has 4 heteroatoms. The quantitative estimate of drug-likeness (QED) is 0.174. The van der Waals surface area contributed by atoms with Crippen LogP contribution in [0, 0.1) is 0 Å². The summed E-state index contributed by atoms with van der Waals surface area (Å²) >= 11 is 0. The molecule has 2 aromatic heterocycles. The van der Waals surface area contributed by atoms with Gasteiger partial charge >= 0.3 is 0 Å². The Labute approximate surface area is 358 Å². The Morgan fingerprint density at radius 3 is 1.52 bits per heavy atom. The summed E-state index contributed by atoms with van der Waals surface area (Å²) in [7, 11) is 0. The number of aromatic nitrogens is 3. The highest BCUT2D eigenvalue weighted by Crippen LogP contribution is 2.63. The fourth-order valence-corrected chi connectivity index (χ4v) is 10.3. The van der Waals surface area contributed by atoms with Gasteiger partial charge in [-0.3, -0.25) is 0 Å². The third kappa shape index (κ3) is 5.04. The zero-order valence-electron chi connectivity index (χ0n) is 33.5. The molecule has 62 heavy (non-hydrogen) atoms. The topological polar surface area (TPSA) is 51.8 Å². The summed E-state index contributed by atoms with van der Waals surface area (Å²) in [5.41, 5.74) is 18.9. The van der Waals surface area contributed by atoms with Gasteiger partial charge < -0.3 is 4.42 Å². The van der Waals surface area contributed by atoms with E-state index in [0.29, 0.717) is 17.5 Å². The van der Waals surface area contributed by atoms with Crippen molar-refractivity contribution in [3.63, 3.8) is 0 Å². The standard InChI is InChI=1S/C58H35N3O/c1-2-15-36(16-3-1)55-59-56(61-57(60-55)47-24-5-4-19-41(47)39-29-31-46-45-23-9-13-28-53(45)62-54(46)35-39)40-18-14-17-37(33-40)38-30-32-52-48(34-38)44-22-8-12-27-51(44)58(52)49-25-10-6-20-42(49)43-21-7-11-26-50(43)58/h1-35H. The molecule has 0 N–H and O–H groups in total. The minimum Gasteiger partial charge on any atom is -0.456 e. The fraction of sp³-hybridized carbons (Fsp3) is 0.0172. The van der Waals surface area contributed by atoms with Crippen molar-refractivity contribution in [2.24, 2.45) is 0 Å². The van der Waals surface area contributed by atoms with Crippen LogP contribution in [0.25, 0.3) is 101 Å². The van der Waals surface area contributed by atoms with Gasteiger partial charge in [0.1, 0.15) is 11.2 Å². The molecule has 13 rings (SSSR count). The number of nitrogens with zero attached hydrogens (tertiary/aromatic N) is 3. The molecule has 288 valence electrons. The van der Waals surface area contributed by atoms with Crippen LogP contribution in [-0.4, -0.2) is 15.0 Å². The predicted octanol–water partition coefficient (Wildman–Crippen LogP) is 14.4. The average Bonchev–Trinajstić information content (AvgIpc) is 3.98. The Kier molecular flexibility index (Phi) is 7.49. The average molecular weight is 790 g/mol. The molecule has 2 aliphatic carbocycles. The minimum absolute atomic E-state index is 0.372. The van der Waals surface area contributed by atoms with Crippen LogP contribution < -0.4 is 0 Å². The van der Waals surface area contributed by atoms with Crippen LogP contribution in [0.4, 0.5) is 0 Å². The van der Waals surface area contributed by atoms with E-state index in [1.54, 1.807) is 0 Å². The normalized spacial score (nSPS) is 13.0. The van der Waals surface area contributed by atoms with Gasteiger partial charge in [0, 0.05) is 27.5 Å². The molecule has 1 spiro atoms. The summed E-state index contributed by atoms with van der Waals surface area (Å²) in [4.78, 5) is 15.5. The van der Waals surface area contributed by atoms with Crippen LogP contribution in [0.3, 0.4) is 0 Å². The van der Waals surface area contributed by atoms with Crippen LogP contribution in [0.5, 0.6) is 0 Å². The molecule has 11 aromatic rings. The van der Waals surface area contributed by atoms with Crippen LogP contribution in [0.2, 0.25) is 0 Å². The van der Waals surface area contributed by atoms with Crippen LogP contribution in [-0.2, 0) is 5.41 Å². The molecule has 0 unspecified atom stereocenters. The Morgan fingerprint density at radius 2 is 0.774 bits per heavy atom.